The number of nitrogens with zero attached hydrogens (tertiary/aromatic N) is 2. The van der Waals surface area contributed by atoms with E-state index < -0.39 is 0 Å². The molecule has 0 saturated carbocycles. The third-order valence-electron chi connectivity index (χ3n) is 3.50. The summed E-state index contributed by atoms with van der Waals surface area (Å²) in [6, 6.07) is 10.6. The topological polar surface area (TPSA) is 27.1 Å². The first-order valence-corrected chi connectivity index (χ1v) is 10.1. The predicted octanol–water partition coefficient (Wildman–Crippen LogP) is 6.74. The summed E-state index contributed by atoms with van der Waals surface area (Å²) in [6.07, 6.45) is 5.40. The van der Waals surface area contributed by atoms with Gasteiger partial charge in [0, 0.05) is 28.9 Å². The summed E-state index contributed by atoms with van der Waals surface area (Å²) in [6.45, 7) is 1.09. The first-order valence-electron chi connectivity index (χ1n) is 7.67. The maximum atomic E-state index is 6.31. The lowest BCUT2D eigenvalue weighted by Gasteiger charge is -2.19. The molecule has 2 aromatic carbocycles. The molecule has 0 aliphatic carbocycles. The molecule has 0 saturated heterocycles. The van der Waals surface area contributed by atoms with Crippen LogP contribution in [0.2, 0.25) is 20.1 Å². The highest BCUT2D eigenvalue weighted by molar-refractivity contribution is 8.00. The number of ether oxygens (including phenoxy) is 1. The molecule has 0 aliphatic rings. The van der Waals surface area contributed by atoms with E-state index in [2.05, 4.69) is 4.98 Å². The molecule has 0 N–H and O–H groups in total. The summed E-state index contributed by atoms with van der Waals surface area (Å²) in [5, 5.41) is 2.30. The van der Waals surface area contributed by atoms with E-state index in [1.807, 2.05) is 29.0 Å². The fraction of sp³-hybridized carbons (Fsp3) is 0.167. The van der Waals surface area contributed by atoms with Crippen molar-refractivity contribution in [2.75, 3.05) is 6.61 Å². The minimum absolute atomic E-state index is 0.0355. The summed E-state index contributed by atoms with van der Waals surface area (Å²) in [5.74, 6) is 0.581. The minimum atomic E-state index is 0.0355. The average Bonchev–Trinajstić information content (AvgIpc) is 3.10. The molecule has 0 bridgehead atoms. The van der Waals surface area contributed by atoms with Crippen LogP contribution in [-0.2, 0) is 6.54 Å². The standard InChI is InChI=1S/C18H14Cl4N2OS/c19-12-4-5-17(16(22)8-12)25-10-13(9-24-7-6-23-11-24)26-18-14(20)2-1-3-15(18)21/h1-8,11,13H,9-10H2. The normalized spacial score (nSPS) is 12.2. The summed E-state index contributed by atoms with van der Waals surface area (Å²) >= 11 is 26.3. The van der Waals surface area contributed by atoms with Gasteiger partial charge in [-0.2, -0.15) is 0 Å². The fourth-order valence-corrected chi connectivity index (χ4v) is 4.50. The summed E-state index contributed by atoms with van der Waals surface area (Å²) < 4.78 is 7.90. The zero-order valence-corrected chi connectivity index (χ0v) is 17.3. The summed E-state index contributed by atoms with van der Waals surface area (Å²) in [7, 11) is 0. The first kappa shape index (κ1) is 19.7. The number of imidazole rings is 1. The van der Waals surface area contributed by atoms with Gasteiger partial charge in [0.25, 0.3) is 0 Å². The molecule has 1 unspecified atom stereocenters. The lowest BCUT2D eigenvalue weighted by molar-refractivity contribution is 0.308. The van der Waals surface area contributed by atoms with E-state index in [9.17, 15) is 0 Å². The molecule has 1 atom stereocenters. The van der Waals surface area contributed by atoms with Gasteiger partial charge in [0.15, 0.2) is 0 Å². The lowest BCUT2D eigenvalue weighted by Crippen LogP contribution is -2.20. The second-order valence-electron chi connectivity index (χ2n) is 5.44. The van der Waals surface area contributed by atoms with Gasteiger partial charge < -0.3 is 9.30 Å². The van der Waals surface area contributed by atoms with Gasteiger partial charge in [0.2, 0.25) is 0 Å². The smallest absolute Gasteiger partial charge is 0.138 e. The number of hydrogen-bond acceptors (Lipinski definition) is 3. The van der Waals surface area contributed by atoms with Crippen LogP contribution >= 0.6 is 58.2 Å². The molecule has 136 valence electrons. The van der Waals surface area contributed by atoms with E-state index >= 15 is 0 Å². The molecule has 0 fully saturated rings. The van der Waals surface area contributed by atoms with Crippen molar-refractivity contribution in [2.24, 2.45) is 0 Å². The Morgan fingerprint density at radius 1 is 1.04 bits per heavy atom. The van der Waals surface area contributed by atoms with Gasteiger partial charge in [-0.05, 0) is 30.3 Å². The molecular formula is C18H14Cl4N2OS. The highest BCUT2D eigenvalue weighted by atomic mass is 35.5. The number of benzene rings is 2. The maximum absolute atomic E-state index is 6.31. The van der Waals surface area contributed by atoms with Gasteiger partial charge in [0.1, 0.15) is 12.4 Å². The lowest BCUT2D eigenvalue weighted by atomic mass is 10.3. The zero-order valence-electron chi connectivity index (χ0n) is 13.4. The maximum Gasteiger partial charge on any atom is 0.138 e. The van der Waals surface area contributed by atoms with Crippen LogP contribution in [0.25, 0.3) is 0 Å². The van der Waals surface area contributed by atoms with E-state index in [0.29, 0.717) is 39.0 Å². The Hall–Kier alpha value is -1.04. The number of thioether (sulfide) groups is 1. The minimum Gasteiger partial charge on any atom is -0.491 e. The van der Waals surface area contributed by atoms with Crippen molar-refractivity contribution in [1.82, 2.24) is 9.55 Å². The van der Waals surface area contributed by atoms with Crippen molar-refractivity contribution in [3.63, 3.8) is 0 Å². The molecule has 3 nitrogen and oxygen atoms in total. The van der Waals surface area contributed by atoms with Crippen LogP contribution in [0.4, 0.5) is 0 Å². The molecule has 3 rings (SSSR count). The Morgan fingerprint density at radius 3 is 2.46 bits per heavy atom. The third kappa shape index (κ3) is 5.24. The van der Waals surface area contributed by atoms with Crippen molar-refractivity contribution in [3.05, 3.63) is 75.2 Å². The number of rotatable bonds is 7. The number of aromatic nitrogens is 2. The molecular weight excluding hydrogens is 434 g/mol. The Bertz CT molecular complexity index is 853. The highest BCUT2D eigenvalue weighted by Crippen LogP contribution is 2.37. The largest absolute Gasteiger partial charge is 0.491 e. The fourth-order valence-electron chi connectivity index (χ4n) is 2.29. The number of hydrogen-bond donors (Lipinski definition) is 0. The Kier molecular flexibility index (Phi) is 7.01. The van der Waals surface area contributed by atoms with E-state index in [4.69, 9.17) is 51.1 Å². The summed E-state index contributed by atoms with van der Waals surface area (Å²) in [5.41, 5.74) is 0. The quantitative estimate of drug-likeness (QED) is 0.375. The molecule has 8 heteroatoms. The van der Waals surface area contributed by atoms with E-state index in [1.165, 1.54) is 0 Å². The molecule has 0 aliphatic heterocycles. The molecule has 0 amide bonds. The van der Waals surface area contributed by atoms with Crippen LogP contribution in [-0.4, -0.2) is 21.4 Å². The molecule has 0 spiro atoms. The van der Waals surface area contributed by atoms with Crippen LogP contribution in [0.5, 0.6) is 5.75 Å². The molecule has 3 aromatic rings. The Morgan fingerprint density at radius 2 is 1.81 bits per heavy atom. The van der Waals surface area contributed by atoms with Gasteiger partial charge in [-0.1, -0.05) is 52.5 Å². The summed E-state index contributed by atoms with van der Waals surface area (Å²) in [4.78, 5) is 4.91. The molecule has 0 radical (unpaired) electrons. The van der Waals surface area contributed by atoms with Crippen LogP contribution < -0.4 is 4.74 Å². The molecule has 1 aromatic heterocycles. The molecule has 26 heavy (non-hydrogen) atoms. The van der Waals surface area contributed by atoms with Crippen molar-refractivity contribution in [2.45, 2.75) is 16.7 Å². The van der Waals surface area contributed by atoms with Gasteiger partial charge in [-0.15, -0.1) is 11.8 Å². The zero-order chi connectivity index (χ0) is 18.5. The van der Waals surface area contributed by atoms with E-state index in [0.717, 1.165) is 4.90 Å². The van der Waals surface area contributed by atoms with E-state index in [-0.39, 0.29) is 5.25 Å². The van der Waals surface area contributed by atoms with Crippen molar-refractivity contribution in [1.29, 1.82) is 0 Å². The van der Waals surface area contributed by atoms with Gasteiger partial charge >= 0.3 is 0 Å². The van der Waals surface area contributed by atoms with Crippen LogP contribution in [0.15, 0.2) is 60.0 Å². The second kappa shape index (κ2) is 9.25. The predicted molar refractivity (Wildman–Crippen MR) is 110 cm³/mol. The Labute approximate surface area is 176 Å². The Balaban J connectivity index is 1.76. The third-order valence-corrected chi connectivity index (χ3v) is 6.17. The average molecular weight is 448 g/mol. The SMILES string of the molecule is Clc1ccc(OCC(Cn2ccnc2)Sc2c(Cl)cccc2Cl)c(Cl)c1. The van der Waals surface area contributed by atoms with E-state index in [1.54, 1.807) is 42.5 Å². The second-order valence-corrected chi connectivity index (χ2v) is 8.40. The number of halogens is 4. The van der Waals surface area contributed by atoms with Crippen LogP contribution in [0.3, 0.4) is 0 Å². The van der Waals surface area contributed by atoms with Gasteiger partial charge in [-0.25, -0.2) is 4.98 Å². The molecule has 1 heterocycles. The van der Waals surface area contributed by atoms with Gasteiger partial charge in [-0.3, -0.25) is 0 Å². The van der Waals surface area contributed by atoms with Crippen LogP contribution in [0, 0.1) is 0 Å². The monoisotopic (exact) mass is 446 g/mol. The van der Waals surface area contributed by atoms with Crippen LogP contribution in [0.1, 0.15) is 0 Å². The van der Waals surface area contributed by atoms with Crippen molar-refractivity contribution in [3.8, 4) is 5.75 Å². The van der Waals surface area contributed by atoms with Crippen molar-refractivity contribution < 1.29 is 4.74 Å². The van der Waals surface area contributed by atoms with Gasteiger partial charge in [0.05, 0.1) is 26.6 Å². The first-order chi connectivity index (χ1) is 12.5. The van der Waals surface area contributed by atoms with Crippen molar-refractivity contribution >= 4 is 58.2 Å². The highest BCUT2D eigenvalue weighted by Gasteiger charge is 2.17.